The predicted octanol–water partition coefficient (Wildman–Crippen LogP) is 4.72. The average molecular weight is 345 g/mol. The zero-order valence-corrected chi connectivity index (χ0v) is 13.6. The lowest BCUT2D eigenvalue weighted by molar-refractivity contribution is -0.177. The van der Waals surface area contributed by atoms with Crippen molar-refractivity contribution in [2.45, 2.75) is 38.8 Å². The van der Waals surface area contributed by atoms with Crippen molar-refractivity contribution in [1.82, 2.24) is 0 Å². The van der Waals surface area contributed by atoms with Crippen molar-refractivity contribution < 1.29 is 4.74 Å². The van der Waals surface area contributed by atoms with E-state index in [2.05, 4.69) is 41.2 Å². The molecule has 1 saturated carbocycles. The van der Waals surface area contributed by atoms with Gasteiger partial charge in [0.05, 0.1) is 11.1 Å². The fraction of sp³-hybridized carbons (Fsp3) is 0.600. The lowest BCUT2D eigenvalue weighted by atomic mass is 9.55. The van der Waals surface area contributed by atoms with Crippen molar-refractivity contribution >= 4 is 33.2 Å². The highest BCUT2D eigenvalue weighted by molar-refractivity contribution is 9.10. The van der Waals surface area contributed by atoms with Crippen molar-refractivity contribution in [2.24, 2.45) is 11.3 Å². The Labute approximate surface area is 128 Å². The molecule has 2 aliphatic rings. The molecule has 0 radical (unpaired) electrons. The summed E-state index contributed by atoms with van der Waals surface area (Å²) < 4.78 is 6.87. The molecule has 1 aromatic carbocycles. The summed E-state index contributed by atoms with van der Waals surface area (Å²) in [6, 6.07) is 6.52. The van der Waals surface area contributed by atoms with Gasteiger partial charge in [0.15, 0.2) is 0 Å². The lowest BCUT2D eigenvalue weighted by Gasteiger charge is -2.60. The van der Waals surface area contributed by atoms with Crippen LogP contribution in [0.2, 0.25) is 5.02 Å². The monoisotopic (exact) mass is 343 g/mol. The van der Waals surface area contributed by atoms with E-state index in [0.717, 1.165) is 21.8 Å². The first-order valence-electron chi connectivity index (χ1n) is 6.83. The highest BCUT2D eigenvalue weighted by Gasteiger charge is 2.57. The van der Waals surface area contributed by atoms with Crippen molar-refractivity contribution in [1.29, 1.82) is 0 Å². The van der Waals surface area contributed by atoms with E-state index in [9.17, 15) is 0 Å². The Morgan fingerprint density at radius 2 is 2.21 bits per heavy atom. The molecule has 3 unspecified atom stereocenters. The first-order valence-corrected chi connectivity index (χ1v) is 8.00. The van der Waals surface area contributed by atoms with Crippen LogP contribution in [0, 0.1) is 11.3 Å². The maximum Gasteiger partial charge on any atom is 0.0693 e. The van der Waals surface area contributed by atoms with Crippen LogP contribution in [0.25, 0.3) is 0 Å². The smallest absolute Gasteiger partial charge is 0.0693 e. The van der Waals surface area contributed by atoms with Gasteiger partial charge in [-0.25, -0.2) is 0 Å². The van der Waals surface area contributed by atoms with Crippen LogP contribution in [0.4, 0.5) is 5.69 Å². The number of hydrogen-bond acceptors (Lipinski definition) is 2. The Bertz CT molecular complexity index is 491. The van der Waals surface area contributed by atoms with Crippen LogP contribution in [-0.2, 0) is 4.74 Å². The van der Waals surface area contributed by atoms with Crippen LogP contribution >= 0.6 is 27.5 Å². The number of ether oxygens (including phenoxy) is 1. The van der Waals surface area contributed by atoms with Gasteiger partial charge in [-0.2, -0.15) is 0 Å². The van der Waals surface area contributed by atoms with Crippen molar-refractivity contribution in [3.8, 4) is 0 Å². The molecule has 1 heterocycles. The average Bonchev–Trinajstić information content (AvgIpc) is 2.40. The topological polar surface area (TPSA) is 21.3 Å². The van der Waals surface area contributed by atoms with Gasteiger partial charge in [-0.15, -0.1) is 0 Å². The molecule has 0 aromatic heterocycles. The summed E-state index contributed by atoms with van der Waals surface area (Å²) in [5.74, 6) is 0.631. The molecule has 1 aliphatic carbocycles. The highest BCUT2D eigenvalue weighted by Crippen LogP contribution is 2.52. The van der Waals surface area contributed by atoms with Crippen molar-refractivity contribution in [2.75, 3.05) is 11.9 Å². The summed E-state index contributed by atoms with van der Waals surface area (Å²) in [6.45, 7) is 5.50. The zero-order chi connectivity index (χ0) is 13.6. The molecule has 3 rings (SSSR count). The summed E-state index contributed by atoms with van der Waals surface area (Å²) in [4.78, 5) is 0. The normalized spacial score (nSPS) is 32.3. The Morgan fingerprint density at radius 1 is 1.42 bits per heavy atom. The number of hydrogen-bond donors (Lipinski definition) is 1. The summed E-state index contributed by atoms with van der Waals surface area (Å²) >= 11 is 9.58. The molecule has 1 aliphatic heterocycles. The summed E-state index contributed by atoms with van der Waals surface area (Å²) in [6.07, 6.45) is 2.84. The maximum atomic E-state index is 6.16. The molecule has 0 amide bonds. The number of rotatable bonds is 2. The first-order chi connectivity index (χ1) is 9.00. The fourth-order valence-corrected chi connectivity index (χ4v) is 4.01. The largest absolute Gasteiger partial charge is 0.381 e. The third kappa shape index (κ3) is 2.30. The molecular weight excluding hydrogens is 326 g/mol. The SMILES string of the molecule is CC1(C)C(Nc2ccc(Br)c(Cl)c2)C2CCCOC21. The van der Waals surface area contributed by atoms with E-state index in [0.29, 0.717) is 18.1 Å². The molecule has 2 nitrogen and oxygen atoms in total. The van der Waals surface area contributed by atoms with E-state index < -0.39 is 0 Å². The van der Waals surface area contributed by atoms with Crippen LogP contribution in [0.5, 0.6) is 0 Å². The van der Waals surface area contributed by atoms with Crippen LogP contribution in [0.1, 0.15) is 26.7 Å². The van der Waals surface area contributed by atoms with Gasteiger partial charge in [0.1, 0.15) is 0 Å². The van der Waals surface area contributed by atoms with Gasteiger partial charge in [-0.1, -0.05) is 25.4 Å². The number of benzene rings is 1. The van der Waals surface area contributed by atoms with Crippen LogP contribution in [-0.4, -0.2) is 18.8 Å². The van der Waals surface area contributed by atoms with Gasteiger partial charge in [0.2, 0.25) is 0 Å². The number of fused-ring (bicyclic) bond motifs is 1. The minimum Gasteiger partial charge on any atom is -0.381 e. The van der Waals surface area contributed by atoms with Gasteiger partial charge < -0.3 is 10.1 Å². The molecule has 0 bridgehead atoms. The quantitative estimate of drug-likeness (QED) is 0.838. The van der Waals surface area contributed by atoms with Crippen molar-refractivity contribution in [3.05, 3.63) is 27.7 Å². The van der Waals surface area contributed by atoms with E-state index in [1.54, 1.807) is 0 Å². The van der Waals surface area contributed by atoms with E-state index >= 15 is 0 Å². The maximum absolute atomic E-state index is 6.16. The number of anilines is 1. The zero-order valence-electron chi connectivity index (χ0n) is 11.2. The van der Waals surface area contributed by atoms with Gasteiger partial charge in [-0.3, -0.25) is 0 Å². The predicted molar refractivity (Wildman–Crippen MR) is 82.8 cm³/mol. The second kappa shape index (κ2) is 4.94. The van der Waals surface area contributed by atoms with Gasteiger partial charge in [0, 0.05) is 34.1 Å². The first kappa shape index (κ1) is 13.7. The molecule has 1 aromatic rings. The number of nitrogens with one attached hydrogen (secondary N) is 1. The van der Waals surface area contributed by atoms with Crippen LogP contribution in [0.15, 0.2) is 22.7 Å². The van der Waals surface area contributed by atoms with Gasteiger partial charge in [-0.05, 0) is 47.0 Å². The molecule has 1 saturated heterocycles. The fourth-order valence-electron chi connectivity index (χ4n) is 3.58. The Morgan fingerprint density at radius 3 is 2.95 bits per heavy atom. The molecular formula is C15H19BrClNO. The second-order valence-corrected chi connectivity index (χ2v) is 7.43. The molecule has 4 heteroatoms. The molecule has 2 fully saturated rings. The summed E-state index contributed by atoms with van der Waals surface area (Å²) in [5, 5.41) is 4.40. The third-order valence-electron chi connectivity index (χ3n) is 4.57. The Kier molecular flexibility index (Phi) is 3.57. The van der Waals surface area contributed by atoms with E-state index in [4.69, 9.17) is 16.3 Å². The van der Waals surface area contributed by atoms with E-state index in [-0.39, 0.29) is 5.41 Å². The van der Waals surface area contributed by atoms with Gasteiger partial charge in [0.25, 0.3) is 0 Å². The van der Waals surface area contributed by atoms with Crippen LogP contribution < -0.4 is 5.32 Å². The van der Waals surface area contributed by atoms with Crippen LogP contribution in [0.3, 0.4) is 0 Å². The Balaban J connectivity index is 1.77. The molecule has 104 valence electrons. The van der Waals surface area contributed by atoms with E-state index in [1.165, 1.54) is 12.8 Å². The highest BCUT2D eigenvalue weighted by atomic mass is 79.9. The minimum absolute atomic E-state index is 0.185. The lowest BCUT2D eigenvalue weighted by Crippen LogP contribution is -2.67. The molecule has 3 atom stereocenters. The number of halogens is 2. The van der Waals surface area contributed by atoms with Gasteiger partial charge >= 0.3 is 0 Å². The third-order valence-corrected chi connectivity index (χ3v) is 5.81. The summed E-state index contributed by atoms with van der Waals surface area (Å²) in [7, 11) is 0. The molecule has 0 spiro atoms. The molecule has 19 heavy (non-hydrogen) atoms. The molecule has 1 N–H and O–H groups in total. The second-order valence-electron chi connectivity index (χ2n) is 6.17. The van der Waals surface area contributed by atoms with E-state index in [1.807, 2.05) is 12.1 Å². The Hall–Kier alpha value is -0.250. The summed E-state index contributed by atoms with van der Waals surface area (Å²) in [5.41, 5.74) is 1.28. The van der Waals surface area contributed by atoms with Crippen molar-refractivity contribution in [3.63, 3.8) is 0 Å². The standard InChI is InChI=1S/C15H19BrClNO/c1-15(2)13(10-4-3-7-19-14(10)15)18-9-5-6-11(16)12(17)8-9/h5-6,8,10,13-14,18H,3-4,7H2,1-2H3. The minimum atomic E-state index is 0.185.